The maximum Gasteiger partial charge on any atom is 0.534 e. The number of nitrogens with zero attached hydrogens (tertiary/aromatic N) is 1. The Kier molecular flexibility index (Phi) is 5.88. The topological polar surface area (TPSA) is 66.8 Å². The Morgan fingerprint density at radius 3 is 2.16 bits per heavy atom. The Morgan fingerprint density at radius 2 is 1.68 bits per heavy atom. The van der Waals surface area contributed by atoms with Gasteiger partial charge in [0.1, 0.15) is 0 Å². The van der Waals surface area contributed by atoms with Crippen LogP contribution in [0.1, 0.15) is 37.8 Å². The lowest BCUT2D eigenvalue weighted by atomic mass is 10.1. The van der Waals surface area contributed by atoms with Crippen molar-refractivity contribution in [2.75, 3.05) is 13.1 Å². The first-order valence-corrected chi connectivity index (χ1v) is 9.59. The van der Waals surface area contributed by atoms with Gasteiger partial charge in [-0.3, -0.25) is 4.90 Å². The molecule has 1 aliphatic carbocycles. The fourth-order valence-corrected chi connectivity index (χ4v) is 3.62. The highest BCUT2D eigenvalue weighted by Crippen LogP contribution is 2.38. The Labute approximate surface area is 145 Å². The largest absolute Gasteiger partial charge is 0.534 e. The fraction of sp³-hybridized carbons (Fsp3) is 0.625. The predicted octanol–water partition coefficient (Wildman–Crippen LogP) is 3.21. The summed E-state index contributed by atoms with van der Waals surface area (Å²) in [5.74, 6) is -1.29. The molecular weight excluding hydrogens is 359 g/mol. The molecule has 0 heterocycles. The summed E-state index contributed by atoms with van der Waals surface area (Å²) in [5, 5.41) is 9.86. The van der Waals surface area contributed by atoms with E-state index in [9.17, 15) is 26.7 Å². The van der Waals surface area contributed by atoms with Crippen LogP contribution in [0.3, 0.4) is 0 Å². The summed E-state index contributed by atoms with van der Waals surface area (Å²) in [5.41, 5.74) is -4.04. The Hall–Kier alpha value is -1.48. The summed E-state index contributed by atoms with van der Waals surface area (Å²) >= 11 is 0. The lowest BCUT2D eigenvalue weighted by molar-refractivity contribution is -0.0500. The first-order chi connectivity index (χ1) is 11.6. The fourth-order valence-electron chi connectivity index (χ4n) is 3.16. The molecule has 5 nitrogen and oxygen atoms in total. The quantitative estimate of drug-likeness (QED) is 0.580. The molecule has 1 aliphatic rings. The number of phenols is 1. The van der Waals surface area contributed by atoms with Crippen LogP contribution < -0.4 is 4.18 Å². The van der Waals surface area contributed by atoms with Crippen molar-refractivity contribution in [3.8, 4) is 11.5 Å². The molecule has 0 saturated carbocycles. The molecule has 0 fully saturated rings. The van der Waals surface area contributed by atoms with E-state index in [2.05, 4.69) is 22.9 Å². The van der Waals surface area contributed by atoms with Crippen molar-refractivity contribution < 1.29 is 30.9 Å². The van der Waals surface area contributed by atoms with E-state index >= 15 is 0 Å². The molecule has 0 aliphatic heterocycles. The molecule has 0 amide bonds. The third-order valence-electron chi connectivity index (χ3n) is 4.21. The molecular formula is C16H22F3NO4S. The van der Waals surface area contributed by atoms with Crippen LogP contribution >= 0.6 is 0 Å². The van der Waals surface area contributed by atoms with Gasteiger partial charge in [-0.25, -0.2) is 0 Å². The molecule has 1 unspecified atom stereocenters. The highest BCUT2D eigenvalue weighted by molar-refractivity contribution is 7.88. The zero-order valence-corrected chi connectivity index (χ0v) is 15.0. The van der Waals surface area contributed by atoms with Crippen molar-refractivity contribution in [1.29, 1.82) is 0 Å². The number of halogens is 3. The van der Waals surface area contributed by atoms with Gasteiger partial charge in [-0.1, -0.05) is 13.8 Å². The van der Waals surface area contributed by atoms with Crippen LogP contribution in [-0.2, 0) is 23.0 Å². The smallest absolute Gasteiger partial charge is 0.504 e. The number of rotatable bonds is 7. The van der Waals surface area contributed by atoms with Gasteiger partial charge in [-0.05, 0) is 62.0 Å². The van der Waals surface area contributed by atoms with Crippen LogP contribution in [0.15, 0.2) is 12.1 Å². The van der Waals surface area contributed by atoms with E-state index < -0.39 is 27.1 Å². The van der Waals surface area contributed by atoms with Gasteiger partial charge in [0, 0.05) is 6.04 Å². The summed E-state index contributed by atoms with van der Waals surface area (Å²) < 4.78 is 63.8. The van der Waals surface area contributed by atoms with Gasteiger partial charge < -0.3 is 9.29 Å². The van der Waals surface area contributed by atoms with Crippen LogP contribution in [0, 0.1) is 0 Å². The van der Waals surface area contributed by atoms with Crippen molar-refractivity contribution in [3.05, 3.63) is 23.3 Å². The van der Waals surface area contributed by atoms with E-state index in [1.807, 2.05) is 0 Å². The first-order valence-electron chi connectivity index (χ1n) is 8.18. The number of hydrogen-bond acceptors (Lipinski definition) is 5. The van der Waals surface area contributed by atoms with Crippen LogP contribution in [0.4, 0.5) is 13.2 Å². The molecule has 0 saturated heterocycles. The van der Waals surface area contributed by atoms with E-state index in [0.717, 1.165) is 31.5 Å². The SMILES string of the molecule is CCCN(CCC)C1Cc2cc(O)c(OS(=O)(=O)C(F)(F)F)cc2C1. The highest BCUT2D eigenvalue weighted by atomic mass is 32.2. The number of fused-ring (bicyclic) bond motifs is 1. The summed E-state index contributed by atoms with van der Waals surface area (Å²) in [6.45, 7) is 5.96. The third-order valence-corrected chi connectivity index (χ3v) is 5.18. The van der Waals surface area contributed by atoms with Crippen molar-refractivity contribution in [3.63, 3.8) is 0 Å². The zero-order valence-electron chi connectivity index (χ0n) is 14.1. The van der Waals surface area contributed by atoms with Crippen LogP contribution in [0.5, 0.6) is 11.5 Å². The molecule has 1 atom stereocenters. The molecule has 0 aromatic heterocycles. The number of benzene rings is 1. The van der Waals surface area contributed by atoms with Crippen molar-refractivity contribution in [1.82, 2.24) is 4.90 Å². The van der Waals surface area contributed by atoms with Crippen molar-refractivity contribution >= 4 is 10.1 Å². The van der Waals surface area contributed by atoms with Crippen LogP contribution in [0.25, 0.3) is 0 Å². The predicted molar refractivity (Wildman–Crippen MR) is 87.1 cm³/mol. The number of hydrogen-bond donors (Lipinski definition) is 1. The zero-order chi connectivity index (χ0) is 18.8. The van der Waals surface area contributed by atoms with Crippen molar-refractivity contribution in [2.45, 2.75) is 51.1 Å². The van der Waals surface area contributed by atoms with E-state index in [0.29, 0.717) is 18.4 Å². The third kappa shape index (κ3) is 4.38. The van der Waals surface area contributed by atoms with Crippen molar-refractivity contribution in [2.24, 2.45) is 0 Å². The Morgan fingerprint density at radius 1 is 1.16 bits per heavy atom. The highest BCUT2D eigenvalue weighted by Gasteiger charge is 2.49. The molecule has 0 radical (unpaired) electrons. The molecule has 142 valence electrons. The van der Waals surface area contributed by atoms with E-state index in [-0.39, 0.29) is 6.04 Å². The minimum absolute atomic E-state index is 0.184. The molecule has 1 N–H and O–H groups in total. The molecule has 9 heteroatoms. The van der Waals surface area contributed by atoms with Gasteiger partial charge in [-0.15, -0.1) is 0 Å². The number of alkyl halides is 3. The maximum absolute atomic E-state index is 12.5. The lowest BCUT2D eigenvalue weighted by Crippen LogP contribution is -2.37. The average Bonchev–Trinajstić information content (AvgIpc) is 2.88. The summed E-state index contributed by atoms with van der Waals surface area (Å²) in [6.07, 6.45) is 3.21. The summed E-state index contributed by atoms with van der Waals surface area (Å²) in [7, 11) is -5.81. The van der Waals surface area contributed by atoms with E-state index in [1.165, 1.54) is 12.1 Å². The maximum atomic E-state index is 12.5. The molecule has 1 aromatic rings. The summed E-state index contributed by atoms with van der Waals surface area (Å²) in [4.78, 5) is 2.31. The van der Waals surface area contributed by atoms with E-state index in [4.69, 9.17) is 0 Å². The minimum Gasteiger partial charge on any atom is -0.504 e. The van der Waals surface area contributed by atoms with Gasteiger partial charge in [0.25, 0.3) is 0 Å². The lowest BCUT2D eigenvalue weighted by Gasteiger charge is -2.27. The standard InChI is InChI=1S/C16H22F3NO4S/c1-3-5-20(6-4-2)13-7-11-9-14(21)15(10-12(11)8-13)24-25(22,23)16(17,18)19/h9-10,13,21H,3-8H2,1-2H3. The normalized spacial score (nSPS) is 17.8. The van der Waals surface area contributed by atoms with Gasteiger partial charge >= 0.3 is 15.6 Å². The first kappa shape index (κ1) is 19.8. The summed E-state index contributed by atoms with van der Waals surface area (Å²) in [6, 6.07) is 2.68. The number of phenolic OH excluding ortho intramolecular Hbond substituents is 1. The van der Waals surface area contributed by atoms with Crippen LogP contribution in [0.2, 0.25) is 0 Å². The van der Waals surface area contributed by atoms with Gasteiger partial charge in [0.05, 0.1) is 0 Å². The van der Waals surface area contributed by atoms with Gasteiger partial charge in [-0.2, -0.15) is 21.6 Å². The van der Waals surface area contributed by atoms with E-state index in [1.54, 1.807) is 0 Å². The Balaban J connectivity index is 2.23. The second-order valence-corrected chi connectivity index (χ2v) is 7.71. The minimum atomic E-state index is -5.81. The monoisotopic (exact) mass is 381 g/mol. The Bertz CT molecular complexity index is 713. The van der Waals surface area contributed by atoms with Gasteiger partial charge in [0.15, 0.2) is 11.5 Å². The molecule has 2 rings (SSSR count). The molecule has 0 spiro atoms. The molecule has 0 bridgehead atoms. The van der Waals surface area contributed by atoms with Gasteiger partial charge in [0.2, 0.25) is 0 Å². The molecule has 25 heavy (non-hydrogen) atoms. The second kappa shape index (κ2) is 7.41. The number of aromatic hydroxyl groups is 1. The average molecular weight is 381 g/mol. The van der Waals surface area contributed by atoms with Crippen LogP contribution in [-0.4, -0.2) is 43.1 Å². The second-order valence-electron chi connectivity index (χ2n) is 6.17. The molecule has 1 aromatic carbocycles.